The smallest absolute Gasteiger partial charge is 0.326 e. The fourth-order valence-corrected chi connectivity index (χ4v) is 2.66. The molecule has 0 aromatic carbocycles. The Bertz CT molecular complexity index is 307. The molecular weight excluding hydrogens is 232 g/mol. The van der Waals surface area contributed by atoms with E-state index in [-0.39, 0.29) is 24.3 Å². The summed E-state index contributed by atoms with van der Waals surface area (Å²) >= 11 is 0. The van der Waals surface area contributed by atoms with Crippen molar-refractivity contribution in [2.24, 2.45) is 11.7 Å². The summed E-state index contributed by atoms with van der Waals surface area (Å²) in [6.45, 7) is 4.45. The number of piperidine rings is 1. The molecule has 104 valence electrons. The highest BCUT2D eigenvalue weighted by molar-refractivity contribution is 5.84. The predicted octanol–water partition coefficient (Wildman–Crippen LogP) is 1.22. The zero-order valence-corrected chi connectivity index (χ0v) is 11.3. The molecular formula is C13H24N2O3. The summed E-state index contributed by atoms with van der Waals surface area (Å²) in [5, 5.41) is 9.24. The Hall–Kier alpha value is -1.10. The first kappa shape index (κ1) is 15.0. The fourth-order valence-electron chi connectivity index (χ4n) is 2.66. The third kappa shape index (κ3) is 3.70. The summed E-state index contributed by atoms with van der Waals surface area (Å²) in [5.74, 6) is -1.00. The molecule has 1 aliphatic rings. The van der Waals surface area contributed by atoms with Crippen LogP contribution in [0.4, 0.5) is 0 Å². The van der Waals surface area contributed by atoms with E-state index >= 15 is 0 Å². The number of likely N-dealkylation sites (tertiary alicyclic amines) is 1. The van der Waals surface area contributed by atoms with Gasteiger partial charge < -0.3 is 15.7 Å². The Morgan fingerprint density at radius 1 is 1.50 bits per heavy atom. The standard InChI is InChI=1S/C13H24N2O3/c1-3-5-10(14)8-11(16)15-7-4-6-9(2)12(15)13(17)18/h9-10,12H,3-8,14H2,1-2H3,(H,17,18). The summed E-state index contributed by atoms with van der Waals surface area (Å²) in [4.78, 5) is 24.9. The van der Waals surface area contributed by atoms with Gasteiger partial charge >= 0.3 is 5.97 Å². The van der Waals surface area contributed by atoms with Crippen molar-refractivity contribution in [2.75, 3.05) is 6.54 Å². The number of aliphatic carboxylic acids is 1. The van der Waals surface area contributed by atoms with E-state index in [4.69, 9.17) is 5.73 Å². The largest absolute Gasteiger partial charge is 0.480 e. The van der Waals surface area contributed by atoms with Crippen molar-refractivity contribution in [3.05, 3.63) is 0 Å². The minimum absolute atomic E-state index is 0.0163. The summed E-state index contributed by atoms with van der Waals surface area (Å²) in [7, 11) is 0. The Morgan fingerprint density at radius 2 is 2.17 bits per heavy atom. The average Bonchev–Trinajstić information content (AvgIpc) is 2.28. The number of carbonyl (C=O) groups excluding carboxylic acids is 1. The molecule has 1 saturated heterocycles. The van der Waals surface area contributed by atoms with E-state index in [0.29, 0.717) is 6.54 Å². The lowest BCUT2D eigenvalue weighted by Gasteiger charge is -2.37. The van der Waals surface area contributed by atoms with Gasteiger partial charge in [0.2, 0.25) is 5.91 Å². The van der Waals surface area contributed by atoms with Crippen molar-refractivity contribution >= 4 is 11.9 Å². The van der Waals surface area contributed by atoms with E-state index in [1.165, 1.54) is 4.90 Å². The van der Waals surface area contributed by atoms with Crippen molar-refractivity contribution in [1.29, 1.82) is 0 Å². The quantitative estimate of drug-likeness (QED) is 0.774. The minimum atomic E-state index is -0.903. The summed E-state index contributed by atoms with van der Waals surface area (Å²) in [6.07, 6.45) is 3.73. The first-order valence-corrected chi connectivity index (χ1v) is 6.75. The molecule has 1 aliphatic heterocycles. The van der Waals surface area contributed by atoms with Gasteiger partial charge in [0, 0.05) is 19.0 Å². The zero-order chi connectivity index (χ0) is 13.7. The van der Waals surface area contributed by atoms with Crippen LogP contribution in [0.15, 0.2) is 0 Å². The maximum atomic E-state index is 12.1. The van der Waals surface area contributed by atoms with Crippen LogP contribution in [-0.2, 0) is 9.59 Å². The number of carboxylic acid groups (broad SMARTS) is 1. The molecule has 5 nitrogen and oxygen atoms in total. The molecule has 0 aliphatic carbocycles. The number of amides is 1. The molecule has 3 unspecified atom stereocenters. The monoisotopic (exact) mass is 256 g/mol. The first-order valence-electron chi connectivity index (χ1n) is 6.75. The van der Waals surface area contributed by atoms with Gasteiger partial charge in [0.1, 0.15) is 6.04 Å². The number of hydrogen-bond acceptors (Lipinski definition) is 3. The van der Waals surface area contributed by atoms with Gasteiger partial charge in [-0.2, -0.15) is 0 Å². The molecule has 1 fully saturated rings. The van der Waals surface area contributed by atoms with Crippen LogP contribution in [0.3, 0.4) is 0 Å². The van der Waals surface area contributed by atoms with Gasteiger partial charge in [0.15, 0.2) is 0 Å². The number of nitrogens with zero attached hydrogens (tertiary/aromatic N) is 1. The third-order valence-corrected chi connectivity index (χ3v) is 3.60. The van der Waals surface area contributed by atoms with Gasteiger partial charge in [-0.05, 0) is 25.2 Å². The zero-order valence-electron chi connectivity index (χ0n) is 11.3. The molecule has 0 aromatic rings. The van der Waals surface area contributed by atoms with E-state index in [0.717, 1.165) is 25.7 Å². The summed E-state index contributed by atoms with van der Waals surface area (Å²) in [5.41, 5.74) is 5.85. The molecule has 0 radical (unpaired) electrons. The first-order chi connectivity index (χ1) is 8.47. The van der Waals surface area contributed by atoms with E-state index in [2.05, 4.69) is 0 Å². The van der Waals surface area contributed by atoms with Gasteiger partial charge in [-0.15, -0.1) is 0 Å². The van der Waals surface area contributed by atoms with Gasteiger partial charge in [0.05, 0.1) is 0 Å². The van der Waals surface area contributed by atoms with Crippen LogP contribution in [0.25, 0.3) is 0 Å². The lowest BCUT2D eigenvalue weighted by Crippen LogP contribution is -2.52. The van der Waals surface area contributed by atoms with Gasteiger partial charge in [0.25, 0.3) is 0 Å². The van der Waals surface area contributed by atoms with Gasteiger partial charge in [-0.1, -0.05) is 20.3 Å². The molecule has 1 heterocycles. The number of carbonyl (C=O) groups is 2. The average molecular weight is 256 g/mol. The molecule has 18 heavy (non-hydrogen) atoms. The maximum Gasteiger partial charge on any atom is 0.326 e. The molecule has 1 rings (SSSR count). The summed E-state index contributed by atoms with van der Waals surface area (Å²) < 4.78 is 0. The van der Waals surface area contributed by atoms with Crippen molar-refractivity contribution in [3.63, 3.8) is 0 Å². The van der Waals surface area contributed by atoms with Crippen LogP contribution >= 0.6 is 0 Å². The Morgan fingerprint density at radius 3 is 2.72 bits per heavy atom. The topological polar surface area (TPSA) is 83.6 Å². The second-order valence-corrected chi connectivity index (χ2v) is 5.24. The highest BCUT2D eigenvalue weighted by Crippen LogP contribution is 2.24. The number of nitrogens with two attached hydrogens (primary N) is 1. The number of rotatable bonds is 5. The predicted molar refractivity (Wildman–Crippen MR) is 69.0 cm³/mol. The van der Waals surface area contributed by atoms with Crippen LogP contribution in [0.1, 0.15) is 46.0 Å². The third-order valence-electron chi connectivity index (χ3n) is 3.60. The van der Waals surface area contributed by atoms with Crippen molar-refractivity contribution in [1.82, 2.24) is 4.90 Å². The molecule has 3 atom stereocenters. The van der Waals surface area contributed by atoms with E-state index < -0.39 is 12.0 Å². The molecule has 5 heteroatoms. The fraction of sp³-hybridized carbons (Fsp3) is 0.846. The second-order valence-electron chi connectivity index (χ2n) is 5.24. The number of carboxylic acids is 1. The van der Waals surface area contributed by atoms with E-state index in [1.54, 1.807) is 0 Å². The molecule has 0 bridgehead atoms. The lowest BCUT2D eigenvalue weighted by atomic mass is 9.90. The number of hydrogen-bond donors (Lipinski definition) is 2. The van der Waals surface area contributed by atoms with Gasteiger partial charge in [-0.3, -0.25) is 4.79 Å². The van der Waals surface area contributed by atoms with E-state index in [1.807, 2.05) is 13.8 Å². The molecule has 0 spiro atoms. The van der Waals surface area contributed by atoms with Crippen LogP contribution in [0.2, 0.25) is 0 Å². The van der Waals surface area contributed by atoms with Crippen LogP contribution in [-0.4, -0.2) is 40.5 Å². The maximum absolute atomic E-state index is 12.1. The Labute approximate surface area is 108 Å². The van der Waals surface area contributed by atoms with Crippen molar-refractivity contribution < 1.29 is 14.7 Å². The molecule has 1 amide bonds. The highest BCUT2D eigenvalue weighted by Gasteiger charge is 2.36. The lowest BCUT2D eigenvalue weighted by molar-refractivity contribution is -0.154. The van der Waals surface area contributed by atoms with Crippen molar-refractivity contribution in [3.8, 4) is 0 Å². The second kappa shape index (κ2) is 6.73. The highest BCUT2D eigenvalue weighted by atomic mass is 16.4. The normalized spacial score (nSPS) is 25.8. The molecule has 0 aromatic heterocycles. The minimum Gasteiger partial charge on any atom is -0.480 e. The Kier molecular flexibility index (Phi) is 5.59. The SMILES string of the molecule is CCCC(N)CC(=O)N1CCCC(C)C1C(=O)O. The molecule has 0 saturated carbocycles. The van der Waals surface area contributed by atoms with E-state index in [9.17, 15) is 14.7 Å². The van der Waals surface area contributed by atoms with Crippen LogP contribution < -0.4 is 5.73 Å². The Balaban J connectivity index is 2.66. The van der Waals surface area contributed by atoms with Crippen LogP contribution in [0.5, 0.6) is 0 Å². The van der Waals surface area contributed by atoms with Gasteiger partial charge in [-0.25, -0.2) is 4.79 Å². The van der Waals surface area contributed by atoms with Crippen LogP contribution in [0, 0.1) is 5.92 Å². The summed E-state index contributed by atoms with van der Waals surface area (Å²) in [6, 6.07) is -0.839. The molecule has 3 N–H and O–H groups in total. The van der Waals surface area contributed by atoms with Crippen molar-refractivity contribution in [2.45, 2.75) is 58.0 Å².